The second-order valence-corrected chi connectivity index (χ2v) is 6.39. The van der Waals surface area contributed by atoms with E-state index in [0.29, 0.717) is 40.5 Å². The maximum atomic E-state index is 5.61. The summed E-state index contributed by atoms with van der Waals surface area (Å²) in [5.41, 5.74) is 2.82. The lowest BCUT2D eigenvalue weighted by Crippen LogP contribution is -2.19. The molecule has 0 atom stereocenters. The highest BCUT2D eigenvalue weighted by Crippen LogP contribution is 2.41. The molecule has 1 aromatic carbocycles. The minimum Gasteiger partial charge on any atom is -0.496 e. The summed E-state index contributed by atoms with van der Waals surface area (Å²) >= 11 is 0. The molecule has 1 aromatic heterocycles. The van der Waals surface area contributed by atoms with Crippen molar-refractivity contribution < 1.29 is 19.0 Å². The number of hydrogen-bond acceptors (Lipinski definition) is 8. The van der Waals surface area contributed by atoms with Gasteiger partial charge < -0.3 is 24.4 Å². The fraction of sp³-hybridized carbons (Fsp3) is 0.476. The molecular formula is C21H30N4O4. The Hall–Kier alpha value is -3.03. The van der Waals surface area contributed by atoms with Crippen molar-refractivity contribution in [2.45, 2.75) is 39.7 Å². The third-order valence-electron chi connectivity index (χ3n) is 4.63. The molecule has 0 aliphatic carbocycles. The van der Waals surface area contributed by atoms with Crippen LogP contribution < -0.4 is 19.5 Å². The van der Waals surface area contributed by atoms with Crippen molar-refractivity contribution in [2.75, 3.05) is 33.8 Å². The fourth-order valence-electron chi connectivity index (χ4n) is 3.02. The van der Waals surface area contributed by atoms with Gasteiger partial charge >= 0.3 is 0 Å². The third kappa shape index (κ3) is 5.07. The molecule has 0 radical (unpaired) electrons. The summed E-state index contributed by atoms with van der Waals surface area (Å²) in [4.78, 5) is 14.2. The number of anilines is 1. The van der Waals surface area contributed by atoms with Gasteiger partial charge in [-0.15, -0.1) is 0 Å². The van der Waals surface area contributed by atoms with E-state index in [1.807, 2.05) is 19.1 Å². The number of nitrogens with zero attached hydrogens (tertiary/aromatic N) is 3. The topological polar surface area (TPSA) is 87.1 Å². The van der Waals surface area contributed by atoms with E-state index in [2.05, 4.69) is 24.3 Å². The van der Waals surface area contributed by atoms with E-state index in [1.165, 1.54) is 7.11 Å². The monoisotopic (exact) mass is 402 g/mol. The standard InChI is InChI=1S/C21H30N4O4/c1-8-15(9-2)24-20-21(28-6)25-19(13(3)23-20)18-16(26-4)10-14(12-22-29-7)11-17(18)27-5/h10-12,15H,8-9H2,1-7H3,(H,23,24)/b22-12+. The number of aromatic nitrogens is 2. The summed E-state index contributed by atoms with van der Waals surface area (Å²) in [5, 5.41) is 7.22. The van der Waals surface area contributed by atoms with Gasteiger partial charge in [-0.05, 0) is 31.9 Å². The first kappa shape index (κ1) is 22.3. The Balaban J connectivity index is 2.62. The molecular weight excluding hydrogens is 372 g/mol. The molecule has 0 spiro atoms. The van der Waals surface area contributed by atoms with Gasteiger partial charge in [0.1, 0.15) is 24.3 Å². The van der Waals surface area contributed by atoms with E-state index in [4.69, 9.17) is 29.0 Å². The molecule has 158 valence electrons. The summed E-state index contributed by atoms with van der Waals surface area (Å²) in [6.07, 6.45) is 3.54. The highest BCUT2D eigenvalue weighted by molar-refractivity contribution is 5.86. The Morgan fingerprint density at radius 3 is 2.10 bits per heavy atom. The van der Waals surface area contributed by atoms with Gasteiger partial charge in [-0.3, -0.25) is 0 Å². The molecule has 1 heterocycles. The van der Waals surface area contributed by atoms with E-state index >= 15 is 0 Å². The first-order valence-corrected chi connectivity index (χ1v) is 9.54. The van der Waals surface area contributed by atoms with Crippen LogP contribution >= 0.6 is 0 Å². The molecule has 0 fully saturated rings. The molecule has 0 aliphatic heterocycles. The average Bonchev–Trinajstić information content (AvgIpc) is 2.75. The summed E-state index contributed by atoms with van der Waals surface area (Å²) in [6.45, 7) is 6.16. The SMILES string of the molecule is CCC(CC)Nc1nc(C)c(-c2c(OC)cc(/C=N/OC)cc2OC)nc1OC. The van der Waals surface area contributed by atoms with Crippen molar-refractivity contribution in [1.29, 1.82) is 0 Å². The van der Waals surface area contributed by atoms with Crippen molar-refractivity contribution >= 4 is 12.0 Å². The quantitative estimate of drug-likeness (QED) is 0.474. The van der Waals surface area contributed by atoms with Gasteiger partial charge in [-0.2, -0.15) is 0 Å². The van der Waals surface area contributed by atoms with Crippen LogP contribution in [0.1, 0.15) is 37.9 Å². The van der Waals surface area contributed by atoms with Crippen molar-refractivity contribution in [1.82, 2.24) is 9.97 Å². The van der Waals surface area contributed by atoms with Gasteiger partial charge in [-0.1, -0.05) is 19.0 Å². The average molecular weight is 402 g/mol. The molecule has 0 unspecified atom stereocenters. The number of oxime groups is 1. The van der Waals surface area contributed by atoms with Crippen molar-refractivity contribution in [3.05, 3.63) is 23.4 Å². The largest absolute Gasteiger partial charge is 0.496 e. The van der Waals surface area contributed by atoms with Crippen LogP contribution in [0.5, 0.6) is 17.4 Å². The smallest absolute Gasteiger partial charge is 0.257 e. The first-order valence-electron chi connectivity index (χ1n) is 9.54. The van der Waals surface area contributed by atoms with E-state index in [-0.39, 0.29) is 0 Å². The summed E-state index contributed by atoms with van der Waals surface area (Å²) in [6, 6.07) is 3.97. The molecule has 0 saturated heterocycles. The zero-order valence-electron chi connectivity index (χ0n) is 18.2. The lowest BCUT2D eigenvalue weighted by molar-refractivity contribution is 0.215. The van der Waals surface area contributed by atoms with Crippen LogP contribution in [0.15, 0.2) is 17.3 Å². The lowest BCUT2D eigenvalue weighted by Gasteiger charge is -2.20. The molecule has 8 nitrogen and oxygen atoms in total. The minimum atomic E-state index is 0.298. The molecule has 0 saturated carbocycles. The van der Waals surface area contributed by atoms with Crippen LogP contribution in [0.4, 0.5) is 5.82 Å². The van der Waals surface area contributed by atoms with E-state index < -0.39 is 0 Å². The fourth-order valence-corrected chi connectivity index (χ4v) is 3.02. The highest BCUT2D eigenvalue weighted by atomic mass is 16.6. The van der Waals surface area contributed by atoms with Crippen LogP contribution in [-0.4, -0.2) is 50.7 Å². The Labute approximate surface area is 172 Å². The van der Waals surface area contributed by atoms with Gasteiger partial charge in [0, 0.05) is 11.6 Å². The molecule has 2 rings (SSSR count). The predicted molar refractivity (Wildman–Crippen MR) is 114 cm³/mol. The van der Waals surface area contributed by atoms with Gasteiger partial charge in [0.2, 0.25) is 0 Å². The van der Waals surface area contributed by atoms with Crippen LogP contribution in [-0.2, 0) is 4.84 Å². The van der Waals surface area contributed by atoms with Gasteiger partial charge in [-0.25, -0.2) is 9.97 Å². The Kier molecular flexibility index (Phi) is 8.06. The van der Waals surface area contributed by atoms with E-state index in [1.54, 1.807) is 27.5 Å². The highest BCUT2D eigenvalue weighted by Gasteiger charge is 2.22. The molecule has 0 amide bonds. The Morgan fingerprint density at radius 1 is 1.00 bits per heavy atom. The normalized spacial score (nSPS) is 11.0. The number of nitrogens with one attached hydrogen (secondary N) is 1. The number of methoxy groups -OCH3 is 3. The summed E-state index contributed by atoms with van der Waals surface area (Å²) < 4.78 is 16.7. The first-order chi connectivity index (χ1) is 14.0. The molecule has 8 heteroatoms. The minimum absolute atomic E-state index is 0.298. The van der Waals surface area contributed by atoms with Crippen molar-refractivity contribution in [3.8, 4) is 28.6 Å². The second-order valence-electron chi connectivity index (χ2n) is 6.39. The Morgan fingerprint density at radius 2 is 1.62 bits per heavy atom. The van der Waals surface area contributed by atoms with E-state index in [9.17, 15) is 0 Å². The third-order valence-corrected chi connectivity index (χ3v) is 4.63. The van der Waals surface area contributed by atoms with Gasteiger partial charge in [0.15, 0.2) is 5.82 Å². The van der Waals surface area contributed by atoms with Crippen LogP contribution in [0.3, 0.4) is 0 Å². The molecule has 0 aliphatic rings. The maximum Gasteiger partial charge on any atom is 0.257 e. The molecule has 2 aromatic rings. The zero-order chi connectivity index (χ0) is 21.4. The van der Waals surface area contributed by atoms with Crippen LogP contribution in [0, 0.1) is 6.92 Å². The maximum absolute atomic E-state index is 5.61. The van der Waals surface area contributed by atoms with Crippen LogP contribution in [0.25, 0.3) is 11.3 Å². The number of aryl methyl sites for hydroxylation is 1. The molecule has 0 bridgehead atoms. The van der Waals surface area contributed by atoms with Gasteiger partial charge in [0.25, 0.3) is 5.88 Å². The van der Waals surface area contributed by atoms with Crippen LogP contribution in [0.2, 0.25) is 0 Å². The van der Waals surface area contributed by atoms with E-state index in [0.717, 1.165) is 24.1 Å². The number of hydrogen-bond donors (Lipinski definition) is 1. The Bertz CT molecular complexity index is 826. The molecule has 29 heavy (non-hydrogen) atoms. The van der Waals surface area contributed by atoms with Gasteiger partial charge in [0.05, 0.1) is 38.8 Å². The van der Waals surface area contributed by atoms with Crippen molar-refractivity contribution in [3.63, 3.8) is 0 Å². The number of rotatable bonds is 10. The number of benzene rings is 1. The number of ether oxygens (including phenoxy) is 3. The summed E-state index contributed by atoms with van der Waals surface area (Å²) in [7, 11) is 6.26. The molecule has 1 N–H and O–H groups in total. The lowest BCUT2D eigenvalue weighted by atomic mass is 10.0. The zero-order valence-corrected chi connectivity index (χ0v) is 18.2. The predicted octanol–water partition coefficient (Wildman–Crippen LogP) is 4.06. The summed E-state index contributed by atoms with van der Waals surface area (Å²) in [5.74, 6) is 2.22. The van der Waals surface area contributed by atoms with Crippen molar-refractivity contribution in [2.24, 2.45) is 5.16 Å². The second kappa shape index (κ2) is 10.5.